The predicted octanol–water partition coefficient (Wildman–Crippen LogP) is 1.41. The average molecular weight is 289 g/mol. The summed E-state index contributed by atoms with van der Waals surface area (Å²) in [6.45, 7) is 0. The molecule has 0 N–H and O–H groups in total. The van der Waals surface area contributed by atoms with Gasteiger partial charge in [0.1, 0.15) is 0 Å². The second-order valence-corrected chi connectivity index (χ2v) is 3.80. The van der Waals surface area contributed by atoms with Crippen LogP contribution in [0.4, 0.5) is 4.70 Å². The summed E-state index contributed by atoms with van der Waals surface area (Å²) in [5.41, 5.74) is 0. The van der Waals surface area contributed by atoms with E-state index in [1.807, 2.05) is 0 Å². The Morgan fingerprint density at radius 1 is 1.33 bits per heavy atom. The maximum atomic E-state index is 8.34. The fraction of sp³-hybridized carbons (Fsp3) is 0. The summed E-state index contributed by atoms with van der Waals surface area (Å²) in [5.74, 6) is 0. The molecule has 0 atom stereocenters. The zero-order chi connectivity index (χ0) is 4.71. The van der Waals surface area contributed by atoms with E-state index < -0.39 is 20.8 Å². The Kier molecular flexibility index (Phi) is 72.2. The van der Waals surface area contributed by atoms with E-state index in [1.54, 1.807) is 0 Å². The third-order valence-electron chi connectivity index (χ3n) is 0. The van der Waals surface area contributed by atoms with E-state index in [9.17, 15) is 0 Å². The summed E-state index contributed by atoms with van der Waals surface area (Å²) >= 11 is -0.526. The van der Waals surface area contributed by atoms with Crippen LogP contribution in [0, 0.1) is 0 Å². The van der Waals surface area contributed by atoms with Crippen molar-refractivity contribution in [1.82, 2.24) is 0 Å². The molecule has 0 aliphatic heterocycles. The molecule has 6 heavy (non-hydrogen) atoms. The molecule has 0 spiro atoms. The molecule has 36 valence electrons. The first-order chi connectivity index (χ1) is 2.41. The molecule has 0 amide bonds. The first kappa shape index (κ1) is 15.7. The fourth-order valence-electron chi connectivity index (χ4n) is 0. The van der Waals surface area contributed by atoms with E-state index in [4.69, 9.17) is 19.8 Å². The van der Waals surface area contributed by atoms with Gasteiger partial charge < -0.3 is 0 Å². The van der Waals surface area contributed by atoms with E-state index in [2.05, 4.69) is 0 Å². The third kappa shape index (κ3) is 36.3. The Morgan fingerprint density at radius 2 is 1.33 bits per heavy atom. The summed E-state index contributed by atoms with van der Waals surface area (Å²) in [4.78, 5) is 0. The van der Waals surface area contributed by atoms with E-state index in [-0.39, 0.29) is 4.70 Å². The molecule has 0 rings (SSSR count). The molecule has 0 radical (unpaired) electrons. The van der Waals surface area contributed by atoms with Crippen LogP contribution in [-0.4, -0.2) is 0 Å². The van der Waals surface area contributed by atoms with Crippen LogP contribution in [-0.2, 0) is 48.4 Å². The molecule has 0 bridgehead atoms. The Balaban J connectivity index is -0.0000000275. The van der Waals surface area contributed by atoms with Gasteiger partial charge in [0, 0.05) is 0 Å². The number of rotatable bonds is 0. The SMILES string of the molecule is F.[Cl][Zr][Cl].[O]=[Zr]. The Hall–Kier alpha value is 2.08. The predicted molar refractivity (Wildman–Crippen MR) is 14.9 cm³/mol. The molecule has 0 aromatic carbocycles. The topological polar surface area (TPSA) is 17.1 Å². The van der Waals surface area contributed by atoms with Gasteiger partial charge in [0.2, 0.25) is 0 Å². The average Bonchev–Trinajstić information content (AvgIpc) is 1.46. The van der Waals surface area contributed by atoms with Crippen molar-refractivity contribution in [2.75, 3.05) is 0 Å². The maximum absolute atomic E-state index is 8.34. The number of hydrogen-bond donors (Lipinski definition) is 0. The van der Waals surface area contributed by atoms with Gasteiger partial charge in [-0.15, -0.1) is 0 Å². The van der Waals surface area contributed by atoms with Gasteiger partial charge in [0.15, 0.2) is 0 Å². The zero-order valence-electron chi connectivity index (χ0n) is 2.57. The van der Waals surface area contributed by atoms with Crippen LogP contribution in [0.3, 0.4) is 0 Å². The van der Waals surface area contributed by atoms with E-state index >= 15 is 0 Å². The van der Waals surface area contributed by atoms with Gasteiger partial charge in [-0.1, -0.05) is 0 Å². The van der Waals surface area contributed by atoms with Crippen LogP contribution >= 0.6 is 17.0 Å². The van der Waals surface area contributed by atoms with Gasteiger partial charge in [-0.05, 0) is 0 Å². The molecule has 0 saturated carbocycles. The van der Waals surface area contributed by atoms with Crippen molar-refractivity contribution in [1.29, 1.82) is 0 Å². The van der Waals surface area contributed by atoms with Crippen LogP contribution in [0.5, 0.6) is 0 Å². The molecule has 0 aromatic rings. The quantitative estimate of drug-likeness (QED) is 0.659. The van der Waals surface area contributed by atoms with Crippen LogP contribution in [0.25, 0.3) is 0 Å². The first-order valence-corrected chi connectivity index (χ1v) is 7.92. The van der Waals surface area contributed by atoms with E-state index in [0.29, 0.717) is 24.7 Å². The summed E-state index contributed by atoms with van der Waals surface area (Å²) < 4.78 is 8.34. The Labute approximate surface area is 69.1 Å². The molecule has 0 unspecified atom stereocenters. The normalized spacial score (nSPS) is 2.83. The van der Waals surface area contributed by atoms with Crippen molar-refractivity contribution in [3.63, 3.8) is 0 Å². The molecule has 0 heterocycles. The van der Waals surface area contributed by atoms with Gasteiger partial charge in [0.25, 0.3) is 0 Å². The third-order valence-corrected chi connectivity index (χ3v) is 0. The molecule has 0 saturated heterocycles. The van der Waals surface area contributed by atoms with Crippen LogP contribution in [0.1, 0.15) is 0 Å². The van der Waals surface area contributed by atoms with Gasteiger partial charge in [-0.25, -0.2) is 0 Å². The van der Waals surface area contributed by atoms with Crippen molar-refractivity contribution >= 4 is 17.0 Å². The molecular formula is HCl2FOZr2. The minimum absolute atomic E-state index is 0. The summed E-state index contributed by atoms with van der Waals surface area (Å²) in [5, 5.41) is 0. The fourth-order valence-corrected chi connectivity index (χ4v) is 0. The molecule has 0 aromatic heterocycles. The first-order valence-electron chi connectivity index (χ1n) is 0.582. The molecule has 0 aliphatic rings. The van der Waals surface area contributed by atoms with Gasteiger partial charge in [0.05, 0.1) is 0 Å². The molecule has 6 heteroatoms. The van der Waals surface area contributed by atoms with Crippen molar-refractivity contribution in [3.05, 3.63) is 0 Å². The number of halogens is 3. The Bertz CT molecular complexity index is 15.5. The van der Waals surface area contributed by atoms with Gasteiger partial charge in [-0.2, -0.15) is 0 Å². The molecule has 0 aliphatic carbocycles. The summed E-state index contributed by atoms with van der Waals surface area (Å²) in [7, 11) is 9.87. The molecular weight excluding hydrogens is 288 g/mol. The van der Waals surface area contributed by atoms with Crippen LogP contribution in [0.15, 0.2) is 0 Å². The van der Waals surface area contributed by atoms with Crippen molar-refractivity contribution < 1.29 is 53.1 Å². The van der Waals surface area contributed by atoms with Crippen molar-refractivity contribution in [3.8, 4) is 0 Å². The van der Waals surface area contributed by atoms with Gasteiger partial charge >= 0.3 is 65.4 Å². The summed E-state index contributed by atoms with van der Waals surface area (Å²) in [6.07, 6.45) is 0. The zero-order valence-corrected chi connectivity index (χ0v) is 9.00. The second kappa shape index (κ2) is 27.6. The number of hydrogen-bond acceptors (Lipinski definition) is 1. The summed E-state index contributed by atoms with van der Waals surface area (Å²) in [6, 6.07) is 0. The molecule has 1 nitrogen and oxygen atoms in total. The molecule has 0 fully saturated rings. The minimum atomic E-state index is -0.826. The Morgan fingerprint density at radius 3 is 1.33 bits per heavy atom. The van der Waals surface area contributed by atoms with Crippen molar-refractivity contribution in [2.45, 2.75) is 0 Å². The van der Waals surface area contributed by atoms with Crippen molar-refractivity contribution in [2.24, 2.45) is 0 Å². The standard InChI is InChI=1S/2ClH.FH.O.2Zr/h3*1H;;;/q;;;;;+2/p-2. The van der Waals surface area contributed by atoms with Crippen LogP contribution in [0.2, 0.25) is 0 Å². The monoisotopic (exact) mass is 286 g/mol. The second-order valence-electron chi connectivity index (χ2n) is 0.0714. The van der Waals surface area contributed by atoms with Gasteiger partial charge in [-0.3, -0.25) is 4.70 Å². The van der Waals surface area contributed by atoms with E-state index in [1.165, 1.54) is 0 Å². The van der Waals surface area contributed by atoms with E-state index in [0.717, 1.165) is 0 Å². The van der Waals surface area contributed by atoms with Crippen LogP contribution < -0.4 is 0 Å².